The second-order valence-corrected chi connectivity index (χ2v) is 4.82. The molecule has 0 aliphatic carbocycles. The van der Waals surface area contributed by atoms with Gasteiger partial charge < -0.3 is 5.73 Å². The lowest BCUT2D eigenvalue weighted by Gasteiger charge is -2.12. The van der Waals surface area contributed by atoms with Gasteiger partial charge in [-0.05, 0) is 12.8 Å². The highest BCUT2D eigenvalue weighted by Crippen LogP contribution is 2.23. The van der Waals surface area contributed by atoms with Crippen molar-refractivity contribution in [2.24, 2.45) is 5.73 Å². The SMILES string of the molecule is CCCCCCCCCC(N)CCC(F)(F)F. The van der Waals surface area contributed by atoms with Crippen molar-refractivity contribution in [3.05, 3.63) is 0 Å². The van der Waals surface area contributed by atoms with Crippen molar-refractivity contribution in [1.29, 1.82) is 0 Å². The fourth-order valence-corrected chi connectivity index (χ4v) is 1.86. The first kappa shape index (κ1) is 16.8. The topological polar surface area (TPSA) is 26.0 Å². The van der Waals surface area contributed by atoms with E-state index in [1.807, 2.05) is 0 Å². The first-order valence-corrected chi connectivity index (χ1v) is 6.78. The molecule has 104 valence electrons. The monoisotopic (exact) mass is 253 g/mol. The van der Waals surface area contributed by atoms with Gasteiger partial charge in [0.05, 0.1) is 0 Å². The Balaban J connectivity index is 3.25. The minimum Gasteiger partial charge on any atom is -0.328 e. The molecular weight excluding hydrogens is 227 g/mol. The molecule has 0 radical (unpaired) electrons. The van der Waals surface area contributed by atoms with Gasteiger partial charge in [-0.2, -0.15) is 13.2 Å². The summed E-state index contributed by atoms with van der Waals surface area (Å²) in [6.07, 6.45) is 4.28. The Hall–Kier alpha value is -0.250. The normalized spacial score (nSPS) is 13.9. The fourth-order valence-electron chi connectivity index (χ4n) is 1.86. The number of hydrogen-bond donors (Lipinski definition) is 1. The molecule has 2 N–H and O–H groups in total. The van der Waals surface area contributed by atoms with Gasteiger partial charge in [-0.3, -0.25) is 0 Å². The Morgan fingerprint density at radius 3 is 1.94 bits per heavy atom. The van der Waals surface area contributed by atoms with Crippen molar-refractivity contribution in [3.63, 3.8) is 0 Å². The zero-order chi connectivity index (χ0) is 13.1. The third kappa shape index (κ3) is 13.7. The van der Waals surface area contributed by atoms with Crippen LogP contribution in [0.3, 0.4) is 0 Å². The third-order valence-corrected chi connectivity index (χ3v) is 2.98. The summed E-state index contributed by atoms with van der Waals surface area (Å²) in [5.74, 6) is 0. The summed E-state index contributed by atoms with van der Waals surface area (Å²) in [5, 5.41) is 0. The van der Waals surface area contributed by atoms with Crippen LogP contribution in [-0.2, 0) is 0 Å². The summed E-state index contributed by atoms with van der Waals surface area (Å²) >= 11 is 0. The molecular formula is C13H26F3N. The zero-order valence-corrected chi connectivity index (χ0v) is 10.9. The second kappa shape index (κ2) is 9.75. The quantitative estimate of drug-likeness (QED) is 0.556. The van der Waals surface area contributed by atoms with Gasteiger partial charge in [0.2, 0.25) is 0 Å². The number of hydrogen-bond acceptors (Lipinski definition) is 1. The van der Waals surface area contributed by atoms with Crippen LogP contribution in [0, 0.1) is 0 Å². The van der Waals surface area contributed by atoms with Gasteiger partial charge in [0.1, 0.15) is 0 Å². The van der Waals surface area contributed by atoms with Crippen LogP contribution >= 0.6 is 0 Å². The van der Waals surface area contributed by atoms with Gasteiger partial charge in [-0.25, -0.2) is 0 Å². The van der Waals surface area contributed by atoms with E-state index in [0.717, 1.165) is 19.3 Å². The first-order valence-electron chi connectivity index (χ1n) is 6.78. The van der Waals surface area contributed by atoms with Crippen molar-refractivity contribution in [3.8, 4) is 0 Å². The van der Waals surface area contributed by atoms with E-state index in [9.17, 15) is 13.2 Å². The van der Waals surface area contributed by atoms with Gasteiger partial charge in [0.15, 0.2) is 0 Å². The minimum atomic E-state index is -4.06. The van der Waals surface area contributed by atoms with E-state index < -0.39 is 12.6 Å². The molecule has 0 bridgehead atoms. The molecule has 0 saturated carbocycles. The maximum atomic E-state index is 11.9. The predicted octanol–water partition coefficient (Wildman–Crippen LogP) is 4.80. The molecule has 0 aliphatic rings. The van der Waals surface area contributed by atoms with Crippen molar-refractivity contribution < 1.29 is 13.2 Å². The molecule has 0 aromatic carbocycles. The molecule has 0 fully saturated rings. The maximum Gasteiger partial charge on any atom is 0.389 e. The molecule has 1 nitrogen and oxygen atoms in total. The molecule has 0 aliphatic heterocycles. The molecule has 0 aromatic heterocycles. The van der Waals surface area contributed by atoms with Gasteiger partial charge in [-0.1, -0.05) is 51.9 Å². The van der Waals surface area contributed by atoms with E-state index in [1.54, 1.807) is 0 Å². The van der Waals surface area contributed by atoms with Crippen molar-refractivity contribution in [2.45, 2.75) is 83.4 Å². The van der Waals surface area contributed by atoms with Crippen molar-refractivity contribution >= 4 is 0 Å². The van der Waals surface area contributed by atoms with E-state index in [4.69, 9.17) is 5.73 Å². The second-order valence-electron chi connectivity index (χ2n) is 4.82. The predicted molar refractivity (Wildman–Crippen MR) is 65.9 cm³/mol. The lowest BCUT2D eigenvalue weighted by molar-refractivity contribution is -0.136. The number of alkyl halides is 3. The summed E-state index contributed by atoms with van der Waals surface area (Å²) < 4.78 is 35.8. The lowest BCUT2D eigenvalue weighted by atomic mass is 10.0. The minimum absolute atomic E-state index is 0.0688. The molecule has 0 amide bonds. The van der Waals surface area contributed by atoms with E-state index in [2.05, 4.69) is 6.92 Å². The zero-order valence-electron chi connectivity index (χ0n) is 10.9. The van der Waals surface area contributed by atoms with Gasteiger partial charge in [-0.15, -0.1) is 0 Å². The Kier molecular flexibility index (Phi) is 9.60. The average Bonchev–Trinajstić information content (AvgIpc) is 2.24. The van der Waals surface area contributed by atoms with Crippen LogP contribution in [0.15, 0.2) is 0 Å². The highest BCUT2D eigenvalue weighted by molar-refractivity contribution is 4.64. The summed E-state index contributed by atoms with van der Waals surface area (Å²) in [4.78, 5) is 0. The number of halogens is 3. The van der Waals surface area contributed by atoms with Crippen LogP contribution < -0.4 is 5.73 Å². The van der Waals surface area contributed by atoms with Crippen LogP contribution in [0.4, 0.5) is 13.2 Å². The van der Waals surface area contributed by atoms with Gasteiger partial charge >= 0.3 is 6.18 Å². The summed E-state index contributed by atoms with van der Waals surface area (Å²) in [5.41, 5.74) is 5.64. The standard InChI is InChI=1S/C13H26F3N/c1-2-3-4-5-6-7-8-9-12(17)10-11-13(14,15)16/h12H,2-11,17H2,1H3. The highest BCUT2D eigenvalue weighted by Gasteiger charge is 2.27. The van der Waals surface area contributed by atoms with E-state index in [-0.39, 0.29) is 12.5 Å². The lowest BCUT2D eigenvalue weighted by Crippen LogP contribution is -2.22. The number of rotatable bonds is 10. The van der Waals surface area contributed by atoms with E-state index in [0.29, 0.717) is 0 Å². The van der Waals surface area contributed by atoms with Crippen LogP contribution in [0.2, 0.25) is 0 Å². The van der Waals surface area contributed by atoms with Crippen LogP contribution in [0.25, 0.3) is 0 Å². The molecule has 0 rings (SSSR count). The molecule has 17 heavy (non-hydrogen) atoms. The number of nitrogens with two attached hydrogens (primary N) is 1. The smallest absolute Gasteiger partial charge is 0.328 e. The molecule has 1 unspecified atom stereocenters. The van der Waals surface area contributed by atoms with E-state index >= 15 is 0 Å². The number of unbranched alkanes of at least 4 members (excludes halogenated alkanes) is 6. The Bertz CT molecular complexity index is 169. The molecule has 1 atom stereocenters. The summed E-state index contributed by atoms with van der Waals surface area (Å²) in [6, 6.07) is -0.285. The fraction of sp³-hybridized carbons (Fsp3) is 1.00. The summed E-state index contributed by atoms with van der Waals surface area (Å²) in [6.45, 7) is 2.18. The highest BCUT2D eigenvalue weighted by atomic mass is 19.4. The first-order chi connectivity index (χ1) is 7.95. The van der Waals surface area contributed by atoms with Crippen LogP contribution in [0.1, 0.15) is 71.1 Å². The van der Waals surface area contributed by atoms with Crippen molar-refractivity contribution in [2.75, 3.05) is 0 Å². The Morgan fingerprint density at radius 2 is 1.41 bits per heavy atom. The van der Waals surface area contributed by atoms with Crippen LogP contribution in [-0.4, -0.2) is 12.2 Å². The average molecular weight is 253 g/mol. The van der Waals surface area contributed by atoms with Gasteiger partial charge in [0.25, 0.3) is 0 Å². The Morgan fingerprint density at radius 1 is 0.882 bits per heavy atom. The molecule has 0 heterocycles. The molecule has 0 saturated heterocycles. The maximum absolute atomic E-state index is 11.9. The molecule has 0 spiro atoms. The summed E-state index contributed by atoms with van der Waals surface area (Å²) in [7, 11) is 0. The molecule has 4 heteroatoms. The molecule has 0 aromatic rings. The van der Waals surface area contributed by atoms with E-state index in [1.165, 1.54) is 32.1 Å². The largest absolute Gasteiger partial charge is 0.389 e. The van der Waals surface area contributed by atoms with Crippen LogP contribution in [0.5, 0.6) is 0 Å². The third-order valence-electron chi connectivity index (χ3n) is 2.98. The Labute approximate surface area is 103 Å². The van der Waals surface area contributed by atoms with Gasteiger partial charge in [0, 0.05) is 12.5 Å². The van der Waals surface area contributed by atoms with Crippen molar-refractivity contribution in [1.82, 2.24) is 0 Å².